The second-order valence-corrected chi connectivity index (χ2v) is 5.43. The minimum atomic E-state index is -1.03. The fourth-order valence-electron chi connectivity index (χ4n) is 2.34. The van der Waals surface area contributed by atoms with Gasteiger partial charge in [0, 0.05) is 11.9 Å². The third-order valence-electron chi connectivity index (χ3n) is 3.67. The largest absolute Gasteiger partial charge is 0.493 e. The number of aryl methyl sites for hydroxylation is 1. The van der Waals surface area contributed by atoms with E-state index in [1.54, 1.807) is 30.3 Å². The maximum atomic E-state index is 12.4. The molecular formula is C18H20N2O5. The van der Waals surface area contributed by atoms with Gasteiger partial charge in [-0.05, 0) is 36.8 Å². The molecule has 1 aromatic carbocycles. The first-order valence-corrected chi connectivity index (χ1v) is 7.61. The average Bonchev–Trinajstić information content (AvgIpc) is 2.60. The quantitative estimate of drug-likeness (QED) is 0.800. The van der Waals surface area contributed by atoms with Crippen LogP contribution in [0.3, 0.4) is 0 Å². The molecule has 2 aromatic rings. The molecule has 1 amide bonds. The van der Waals surface area contributed by atoms with E-state index in [9.17, 15) is 14.7 Å². The van der Waals surface area contributed by atoms with Crippen LogP contribution in [0.5, 0.6) is 11.5 Å². The molecule has 0 bridgehead atoms. The standard InChI is InChI=1S/C18H20N2O5/c1-11-4-5-13(10-19-11)18(23)20-14(9-17(21)22)12-6-7-15(24-2)16(8-12)25-3/h4-8,10,14H,9H2,1-3H3,(H,20,23)(H,21,22)/t14-/m1/s1. The van der Waals surface area contributed by atoms with Crippen LogP contribution in [-0.4, -0.2) is 36.2 Å². The van der Waals surface area contributed by atoms with Crippen molar-refractivity contribution >= 4 is 11.9 Å². The lowest BCUT2D eigenvalue weighted by Gasteiger charge is -2.19. The second kappa shape index (κ2) is 8.14. The number of carbonyl (C=O) groups excluding carboxylic acids is 1. The van der Waals surface area contributed by atoms with Gasteiger partial charge in [0.15, 0.2) is 11.5 Å². The predicted molar refractivity (Wildman–Crippen MR) is 91.0 cm³/mol. The number of hydrogen-bond acceptors (Lipinski definition) is 5. The van der Waals surface area contributed by atoms with Crippen LogP contribution in [0.1, 0.15) is 34.1 Å². The summed E-state index contributed by atoms with van der Waals surface area (Å²) >= 11 is 0. The zero-order chi connectivity index (χ0) is 18.4. The third-order valence-corrected chi connectivity index (χ3v) is 3.67. The minimum absolute atomic E-state index is 0.263. The maximum Gasteiger partial charge on any atom is 0.305 e. The molecular weight excluding hydrogens is 324 g/mol. The predicted octanol–water partition coefficient (Wildman–Crippen LogP) is 2.35. The van der Waals surface area contributed by atoms with Crippen molar-refractivity contribution in [2.75, 3.05) is 14.2 Å². The van der Waals surface area contributed by atoms with Crippen molar-refractivity contribution in [3.05, 3.63) is 53.3 Å². The van der Waals surface area contributed by atoms with Crippen molar-refractivity contribution in [1.82, 2.24) is 10.3 Å². The molecule has 0 aliphatic rings. The zero-order valence-corrected chi connectivity index (χ0v) is 14.3. The first-order chi connectivity index (χ1) is 11.9. The monoisotopic (exact) mass is 344 g/mol. The topological polar surface area (TPSA) is 97.8 Å². The van der Waals surface area contributed by atoms with Gasteiger partial charge in [0.2, 0.25) is 0 Å². The summed E-state index contributed by atoms with van der Waals surface area (Å²) in [4.78, 5) is 27.7. The molecule has 2 rings (SSSR count). The first kappa shape index (κ1) is 18.3. The van der Waals surface area contributed by atoms with Crippen molar-refractivity contribution in [2.45, 2.75) is 19.4 Å². The molecule has 0 aliphatic heterocycles. The fourth-order valence-corrected chi connectivity index (χ4v) is 2.34. The van der Waals surface area contributed by atoms with Gasteiger partial charge in [0.25, 0.3) is 5.91 Å². The normalized spacial score (nSPS) is 11.5. The van der Waals surface area contributed by atoms with E-state index in [-0.39, 0.29) is 6.42 Å². The Bertz CT molecular complexity index is 759. The molecule has 25 heavy (non-hydrogen) atoms. The number of rotatable bonds is 7. The van der Waals surface area contributed by atoms with Gasteiger partial charge in [-0.15, -0.1) is 0 Å². The van der Waals surface area contributed by atoms with Crippen LogP contribution in [0.2, 0.25) is 0 Å². The molecule has 0 fully saturated rings. The van der Waals surface area contributed by atoms with Crippen LogP contribution in [0.25, 0.3) is 0 Å². The molecule has 1 aromatic heterocycles. The first-order valence-electron chi connectivity index (χ1n) is 7.61. The van der Waals surface area contributed by atoms with Gasteiger partial charge in [-0.1, -0.05) is 6.07 Å². The Balaban J connectivity index is 2.28. The Morgan fingerprint density at radius 2 is 1.88 bits per heavy atom. The molecule has 7 nitrogen and oxygen atoms in total. The van der Waals surface area contributed by atoms with Crippen LogP contribution in [0.4, 0.5) is 0 Å². The summed E-state index contributed by atoms with van der Waals surface area (Å²) in [5, 5.41) is 11.9. The SMILES string of the molecule is COc1ccc([C@@H](CC(=O)O)NC(=O)c2ccc(C)nc2)cc1OC. The summed E-state index contributed by atoms with van der Waals surface area (Å²) in [6.45, 7) is 1.82. The number of ether oxygens (including phenoxy) is 2. The summed E-state index contributed by atoms with van der Waals surface area (Å²) < 4.78 is 10.4. The molecule has 0 saturated carbocycles. The number of carbonyl (C=O) groups is 2. The average molecular weight is 344 g/mol. The van der Waals surface area contributed by atoms with E-state index >= 15 is 0 Å². The molecule has 0 radical (unpaired) electrons. The van der Waals surface area contributed by atoms with Gasteiger partial charge in [0.05, 0.1) is 32.2 Å². The Labute approximate surface area is 145 Å². The number of carboxylic acid groups (broad SMARTS) is 1. The van der Waals surface area contributed by atoms with Crippen LogP contribution in [0.15, 0.2) is 36.5 Å². The van der Waals surface area contributed by atoms with Crippen molar-refractivity contribution in [2.24, 2.45) is 0 Å². The summed E-state index contributed by atoms with van der Waals surface area (Å²) in [6, 6.07) is 7.67. The Hall–Kier alpha value is -3.09. The van der Waals surface area contributed by atoms with Gasteiger partial charge >= 0.3 is 5.97 Å². The molecule has 0 spiro atoms. The highest BCUT2D eigenvalue weighted by molar-refractivity contribution is 5.94. The molecule has 132 valence electrons. The number of methoxy groups -OCH3 is 2. The van der Waals surface area contributed by atoms with Crippen molar-refractivity contribution in [3.63, 3.8) is 0 Å². The molecule has 0 unspecified atom stereocenters. The maximum absolute atomic E-state index is 12.4. The second-order valence-electron chi connectivity index (χ2n) is 5.43. The number of aliphatic carboxylic acids is 1. The van der Waals surface area contributed by atoms with E-state index < -0.39 is 17.9 Å². The fraction of sp³-hybridized carbons (Fsp3) is 0.278. The number of nitrogens with one attached hydrogen (secondary N) is 1. The van der Waals surface area contributed by atoms with E-state index in [2.05, 4.69) is 10.3 Å². The lowest BCUT2D eigenvalue weighted by atomic mass is 10.0. The van der Waals surface area contributed by atoms with Crippen molar-refractivity contribution < 1.29 is 24.2 Å². The van der Waals surface area contributed by atoms with Crippen molar-refractivity contribution in [1.29, 1.82) is 0 Å². The molecule has 0 saturated heterocycles. The van der Waals surface area contributed by atoms with Gasteiger partial charge in [-0.2, -0.15) is 0 Å². The van der Waals surface area contributed by atoms with Gasteiger partial charge < -0.3 is 19.9 Å². The minimum Gasteiger partial charge on any atom is -0.493 e. The molecule has 0 aliphatic carbocycles. The number of amides is 1. The zero-order valence-electron chi connectivity index (χ0n) is 14.3. The number of aromatic nitrogens is 1. The number of carboxylic acids is 1. The van der Waals surface area contributed by atoms with Gasteiger partial charge in [0.1, 0.15) is 0 Å². The third kappa shape index (κ3) is 4.69. The van der Waals surface area contributed by atoms with E-state index in [4.69, 9.17) is 9.47 Å². The number of hydrogen-bond donors (Lipinski definition) is 2. The highest BCUT2D eigenvalue weighted by Crippen LogP contribution is 2.31. The van der Waals surface area contributed by atoms with Crippen LogP contribution >= 0.6 is 0 Å². The van der Waals surface area contributed by atoms with E-state index in [0.717, 1.165) is 5.69 Å². The molecule has 7 heteroatoms. The Morgan fingerprint density at radius 1 is 1.16 bits per heavy atom. The highest BCUT2D eigenvalue weighted by Gasteiger charge is 2.20. The smallest absolute Gasteiger partial charge is 0.305 e. The van der Waals surface area contributed by atoms with Gasteiger partial charge in [-0.25, -0.2) is 0 Å². The summed E-state index contributed by atoms with van der Waals surface area (Å²) in [7, 11) is 3.00. The number of pyridine rings is 1. The number of nitrogens with zero attached hydrogens (tertiary/aromatic N) is 1. The van der Waals surface area contributed by atoms with Crippen LogP contribution in [-0.2, 0) is 4.79 Å². The van der Waals surface area contributed by atoms with Crippen LogP contribution in [0, 0.1) is 6.92 Å². The van der Waals surface area contributed by atoms with Crippen LogP contribution < -0.4 is 14.8 Å². The summed E-state index contributed by atoms with van der Waals surface area (Å²) in [5.41, 5.74) is 1.76. The number of benzene rings is 1. The van der Waals surface area contributed by atoms with Crippen molar-refractivity contribution in [3.8, 4) is 11.5 Å². The van der Waals surface area contributed by atoms with E-state index in [1.165, 1.54) is 20.4 Å². The summed E-state index contributed by atoms with van der Waals surface area (Å²) in [5.74, 6) is -0.438. The molecule has 1 atom stereocenters. The lowest BCUT2D eigenvalue weighted by Crippen LogP contribution is -2.30. The molecule has 2 N–H and O–H groups in total. The lowest BCUT2D eigenvalue weighted by molar-refractivity contribution is -0.137. The Morgan fingerprint density at radius 3 is 2.44 bits per heavy atom. The van der Waals surface area contributed by atoms with E-state index in [1.807, 2.05) is 6.92 Å². The van der Waals surface area contributed by atoms with Gasteiger partial charge in [-0.3, -0.25) is 14.6 Å². The summed E-state index contributed by atoms with van der Waals surface area (Å²) in [6.07, 6.45) is 1.19. The van der Waals surface area contributed by atoms with E-state index in [0.29, 0.717) is 22.6 Å². The Kier molecular flexibility index (Phi) is 5.94. The molecule has 1 heterocycles. The highest BCUT2D eigenvalue weighted by atomic mass is 16.5.